The highest BCUT2D eigenvalue weighted by Gasteiger charge is 2.30. The standard InChI is InChI=1S/C23H29BrFN3O4S/c1-5-16(2)26-23(30)17(3)27(14-18-9-11-20(25)12-10-18)22(29)15-28(33(4,31)32)21-8-6-7-19(24)13-21/h6-13,16-17H,5,14-15H2,1-4H3,(H,26,30)/t16-,17-/m0/s1. The Balaban J connectivity index is 2.37. The predicted octanol–water partition coefficient (Wildman–Crippen LogP) is 3.69. The van der Waals surface area contributed by atoms with Gasteiger partial charge in [-0.1, -0.05) is 41.1 Å². The molecule has 0 aliphatic heterocycles. The van der Waals surface area contributed by atoms with Crippen LogP contribution in [-0.2, 0) is 26.2 Å². The van der Waals surface area contributed by atoms with Crippen LogP contribution in [0.2, 0.25) is 0 Å². The second-order valence-corrected chi connectivity index (χ2v) is 10.7. The Morgan fingerprint density at radius 3 is 2.30 bits per heavy atom. The predicted molar refractivity (Wildman–Crippen MR) is 131 cm³/mol. The van der Waals surface area contributed by atoms with Gasteiger partial charge < -0.3 is 10.2 Å². The van der Waals surface area contributed by atoms with Crippen LogP contribution in [-0.4, -0.2) is 50.0 Å². The van der Waals surface area contributed by atoms with Gasteiger partial charge in [0.1, 0.15) is 18.4 Å². The van der Waals surface area contributed by atoms with E-state index in [9.17, 15) is 22.4 Å². The van der Waals surface area contributed by atoms with Gasteiger partial charge in [-0.2, -0.15) is 0 Å². The topological polar surface area (TPSA) is 86.8 Å². The largest absolute Gasteiger partial charge is 0.352 e. The average Bonchev–Trinajstić information content (AvgIpc) is 2.75. The molecule has 0 spiro atoms. The smallest absolute Gasteiger partial charge is 0.244 e. The summed E-state index contributed by atoms with van der Waals surface area (Å²) >= 11 is 3.31. The molecule has 7 nitrogen and oxygen atoms in total. The molecule has 0 radical (unpaired) electrons. The van der Waals surface area contributed by atoms with E-state index in [1.54, 1.807) is 31.2 Å². The minimum absolute atomic E-state index is 0.0181. The lowest BCUT2D eigenvalue weighted by Gasteiger charge is -2.32. The number of benzene rings is 2. The van der Waals surface area contributed by atoms with Crippen molar-refractivity contribution in [3.8, 4) is 0 Å². The Bertz CT molecular complexity index is 1080. The summed E-state index contributed by atoms with van der Waals surface area (Å²) in [6, 6.07) is 11.2. The van der Waals surface area contributed by atoms with Crippen LogP contribution in [0.5, 0.6) is 0 Å². The molecule has 2 aromatic carbocycles. The number of nitrogens with one attached hydrogen (secondary N) is 1. The van der Waals surface area contributed by atoms with Crippen LogP contribution in [0.3, 0.4) is 0 Å². The lowest BCUT2D eigenvalue weighted by Crippen LogP contribution is -2.52. The maximum absolute atomic E-state index is 13.4. The molecule has 0 unspecified atom stereocenters. The van der Waals surface area contributed by atoms with Crippen LogP contribution in [0.4, 0.5) is 10.1 Å². The Labute approximate surface area is 203 Å². The van der Waals surface area contributed by atoms with Crippen molar-refractivity contribution >= 4 is 43.5 Å². The maximum Gasteiger partial charge on any atom is 0.244 e. The third-order valence-corrected chi connectivity index (χ3v) is 6.84. The van der Waals surface area contributed by atoms with Crippen molar-refractivity contribution in [3.63, 3.8) is 0 Å². The highest BCUT2D eigenvalue weighted by Crippen LogP contribution is 2.23. The minimum Gasteiger partial charge on any atom is -0.352 e. The molecule has 2 atom stereocenters. The van der Waals surface area contributed by atoms with E-state index in [2.05, 4.69) is 21.2 Å². The summed E-state index contributed by atoms with van der Waals surface area (Å²) in [6.45, 7) is 4.90. The summed E-state index contributed by atoms with van der Waals surface area (Å²) in [6.07, 6.45) is 1.74. The summed E-state index contributed by atoms with van der Waals surface area (Å²) < 4.78 is 40.0. The highest BCUT2D eigenvalue weighted by atomic mass is 79.9. The molecule has 2 amide bonds. The zero-order valence-corrected chi connectivity index (χ0v) is 21.5. The van der Waals surface area contributed by atoms with Crippen LogP contribution >= 0.6 is 15.9 Å². The summed E-state index contributed by atoms with van der Waals surface area (Å²) in [4.78, 5) is 27.5. The molecule has 1 N–H and O–H groups in total. The van der Waals surface area contributed by atoms with Crippen LogP contribution < -0.4 is 9.62 Å². The molecule has 2 aromatic rings. The zero-order chi connectivity index (χ0) is 24.8. The number of hydrogen-bond acceptors (Lipinski definition) is 4. The third kappa shape index (κ3) is 7.82. The van der Waals surface area contributed by atoms with E-state index in [0.717, 1.165) is 17.0 Å². The molecule has 0 heterocycles. The summed E-state index contributed by atoms with van der Waals surface area (Å²) in [5, 5.41) is 2.85. The van der Waals surface area contributed by atoms with Crippen LogP contribution in [0.25, 0.3) is 0 Å². The molecule has 10 heteroatoms. The first-order chi connectivity index (χ1) is 15.4. The number of amides is 2. The van der Waals surface area contributed by atoms with Crippen molar-refractivity contribution in [3.05, 3.63) is 64.4 Å². The number of halogens is 2. The average molecular weight is 542 g/mol. The molecule has 0 fully saturated rings. The fraction of sp³-hybridized carbons (Fsp3) is 0.391. The van der Waals surface area contributed by atoms with E-state index >= 15 is 0 Å². The SMILES string of the molecule is CC[C@H](C)NC(=O)[C@H](C)N(Cc1ccc(F)cc1)C(=O)CN(c1cccc(Br)c1)S(C)(=O)=O. The van der Waals surface area contributed by atoms with E-state index in [1.165, 1.54) is 29.2 Å². The van der Waals surface area contributed by atoms with Gasteiger partial charge in [-0.3, -0.25) is 13.9 Å². The Hall–Kier alpha value is -2.46. The van der Waals surface area contributed by atoms with Crippen molar-refractivity contribution in [1.29, 1.82) is 0 Å². The van der Waals surface area contributed by atoms with Gasteiger partial charge in [0.2, 0.25) is 21.8 Å². The summed E-state index contributed by atoms with van der Waals surface area (Å²) in [5.74, 6) is -1.33. The van der Waals surface area contributed by atoms with Gasteiger partial charge in [-0.15, -0.1) is 0 Å². The normalized spacial score (nSPS) is 13.2. The van der Waals surface area contributed by atoms with Gasteiger partial charge in [0.25, 0.3) is 0 Å². The van der Waals surface area contributed by atoms with Gasteiger partial charge in [0.15, 0.2) is 0 Å². The van der Waals surface area contributed by atoms with E-state index in [0.29, 0.717) is 15.7 Å². The molecule has 180 valence electrons. The lowest BCUT2D eigenvalue weighted by molar-refractivity contribution is -0.139. The maximum atomic E-state index is 13.4. The number of sulfonamides is 1. The van der Waals surface area contributed by atoms with Gasteiger partial charge >= 0.3 is 0 Å². The summed E-state index contributed by atoms with van der Waals surface area (Å²) in [5.41, 5.74) is 0.931. The van der Waals surface area contributed by atoms with Crippen molar-refractivity contribution in [2.45, 2.75) is 45.8 Å². The summed E-state index contributed by atoms with van der Waals surface area (Å²) in [7, 11) is -3.80. The zero-order valence-electron chi connectivity index (χ0n) is 19.1. The van der Waals surface area contributed by atoms with Gasteiger partial charge in [0.05, 0.1) is 11.9 Å². The van der Waals surface area contributed by atoms with Gasteiger partial charge in [-0.25, -0.2) is 12.8 Å². The second kappa shape index (κ2) is 11.6. The van der Waals surface area contributed by atoms with E-state index < -0.39 is 34.3 Å². The number of nitrogens with zero attached hydrogens (tertiary/aromatic N) is 2. The minimum atomic E-state index is -3.80. The first kappa shape index (κ1) is 26.8. The van der Waals surface area contributed by atoms with E-state index in [-0.39, 0.29) is 18.5 Å². The lowest BCUT2D eigenvalue weighted by atomic mass is 10.1. The Kier molecular flexibility index (Phi) is 9.42. The number of rotatable bonds is 10. The van der Waals surface area contributed by atoms with Gasteiger partial charge in [0, 0.05) is 17.1 Å². The second-order valence-electron chi connectivity index (χ2n) is 7.89. The molecule has 0 aliphatic rings. The highest BCUT2D eigenvalue weighted by molar-refractivity contribution is 9.10. The number of carbonyl (C=O) groups is 2. The molecule has 0 saturated carbocycles. The molecule has 2 rings (SSSR count). The van der Waals surface area contributed by atoms with Crippen molar-refractivity contribution in [2.75, 3.05) is 17.1 Å². The van der Waals surface area contributed by atoms with E-state index in [4.69, 9.17) is 0 Å². The van der Waals surface area contributed by atoms with Crippen molar-refractivity contribution in [1.82, 2.24) is 10.2 Å². The molecular weight excluding hydrogens is 513 g/mol. The molecular formula is C23H29BrFN3O4S. The molecule has 0 saturated heterocycles. The first-order valence-electron chi connectivity index (χ1n) is 10.5. The van der Waals surface area contributed by atoms with Crippen molar-refractivity contribution in [2.24, 2.45) is 0 Å². The fourth-order valence-corrected chi connectivity index (χ4v) is 4.31. The van der Waals surface area contributed by atoms with Crippen LogP contribution in [0.1, 0.15) is 32.8 Å². The van der Waals surface area contributed by atoms with Crippen LogP contribution in [0.15, 0.2) is 53.0 Å². The van der Waals surface area contributed by atoms with Gasteiger partial charge in [-0.05, 0) is 56.2 Å². The Morgan fingerprint density at radius 2 is 1.76 bits per heavy atom. The number of anilines is 1. The fourth-order valence-electron chi connectivity index (χ4n) is 3.08. The monoisotopic (exact) mass is 541 g/mol. The van der Waals surface area contributed by atoms with Crippen molar-refractivity contribution < 1.29 is 22.4 Å². The quantitative estimate of drug-likeness (QED) is 0.497. The first-order valence-corrected chi connectivity index (χ1v) is 13.1. The molecule has 0 aliphatic carbocycles. The Morgan fingerprint density at radius 1 is 1.12 bits per heavy atom. The molecule has 0 bridgehead atoms. The third-order valence-electron chi connectivity index (χ3n) is 5.21. The number of hydrogen-bond donors (Lipinski definition) is 1. The molecule has 33 heavy (non-hydrogen) atoms. The van der Waals surface area contributed by atoms with E-state index in [1.807, 2.05) is 13.8 Å². The molecule has 0 aromatic heterocycles. The number of carbonyl (C=O) groups excluding carboxylic acids is 2. The van der Waals surface area contributed by atoms with Crippen LogP contribution in [0, 0.1) is 5.82 Å².